The molecule has 0 aliphatic rings. The Morgan fingerprint density at radius 2 is 1.95 bits per heavy atom. The molecule has 2 aromatic heterocycles. The first-order valence-corrected chi connectivity index (χ1v) is 6.88. The molecule has 1 atom stereocenters. The number of aromatic nitrogens is 2. The summed E-state index contributed by atoms with van der Waals surface area (Å²) in [7, 11) is 1.74. The van der Waals surface area contributed by atoms with Crippen molar-refractivity contribution in [3.05, 3.63) is 48.3 Å². The summed E-state index contributed by atoms with van der Waals surface area (Å²) < 4.78 is 5.66. The quantitative estimate of drug-likeness (QED) is 0.671. The van der Waals surface area contributed by atoms with Crippen molar-refractivity contribution >= 4 is 21.8 Å². The zero-order valence-corrected chi connectivity index (χ0v) is 12.1. The Balaban J connectivity index is 2.31. The van der Waals surface area contributed by atoms with E-state index in [4.69, 9.17) is 9.72 Å². The molecule has 2 heterocycles. The van der Waals surface area contributed by atoms with Crippen LogP contribution in [0, 0.1) is 0 Å². The van der Waals surface area contributed by atoms with E-state index >= 15 is 0 Å². The van der Waals surface area contributed by atoms with Gasteiger partial charge in [-0.1, -0.05) is 19.1 Å². The molecule has 0 bridgehead atoms. The minimum atomic E-state index is -0.349. The fraction of sp³-hybridized carbons (Fsp3) is 0.294. The maximum atomic E-state index is 5.66. The van der Waals surface area contributed by atoms with E-state index in [9.17, 15) is 0 Å². The van der Waals surface area contributed by atoms with Crippen LogP contribution in [-0.4, -0.2) is 17.1 Å². The number of fused-ring (bicyclic) bond motifs is 3. The second kappa shape index (κ2) is 4.84. The van der Waals surface area contributed by atoms with Crippen LogP contribution < -0.4 is 0 Å². The molecule has 0 radical (unpaired) electrons. The normalized spacial score (nSPS) is 14.6. The summed E-state index contributed by atoms with van der Waals surface area (Å²) in [5.41, 5.74) is 2.58. The summed E-state index contributed by atoms with van der Waals surface area (Å²) in [6.07, 6.45) is 2.69. The van der Waals surface area contributed by atoms with Gasteiger partial charge in [0, 0.05) is 24.1 Å². The lowest BCUT2D eigenvalue weighted by molar-refractivity contribution is -0.00477. The minimum absolute atomic E-state index is 0.349. The molecule has 1 unspecified atom stereocenters. The molecule has 0 aliphatic heterocycles. The standard InChI is InChI=1S/C17H18N2O/c1-4-17(2,20-3)15-10-8-12-7-9-14-13(16(12)19-15)6-5-11-18-14/h5-11H,4H2,1-3H3. The lowest BCUT2D eigenvalue weighted by Gasteiger charge is -2.26. The average molecular weight is 266 g/mol. The van der Waals surface area contributed by atoms with Crippen LogP contribution in [-0.2, 0) is 10.3 Å². The van der Waals surface area contributed by atoms with Crippen LogP contribution in [0.1, 0.15) is 26.0 Å². The molecule has 3 rings (SSSR count). The molecule has 20 heavy (non-hydrogen) atoms. The fourth-order valence-corrected chi connectivity index (χ4v) is 2.46. The molecule has 0 amide bonds. The number of pyridine rings is 2. The van der Waals surface area contributed by atoms with Crippen LogP contribution >= 0.6 is 0 Å². The van der Waals surface area contributed by atoms with Crippen molar-refractivity contribution < 1.29 is 4.74 Å². The lowest BCUT2D eigenvalue weighted by Crippen LogP contribution is -2.24. The van der Waals surface area contributed by atoms with Crippen molar-refractivity contribution in [3.63, 3.8) is 0 Å². The zero-order chi connectivity index (χ0) is 14.2. The molecule has 0 saturated heterocycles. The van der Waals surface area contributed by atoms with Crippen LogP contribution in [0.25, 0.3) is 21.8 Å². The van der Waals surface area contributed by atoms with Crippen molar-refractivity contribution in [3.8, 4) is 0 Å². The third-order valence-electron chi connectivity index (χ3n) is 4.11. The molecule has 3 heteroatoms. The van der Waals surface area contributed by atoms with Gasteiger partial charge in [0.25, 0.3) is 0 Å². The topological polar surface area (TPSA) is 35.0 Å². The number of hydrogen-bond acceptors (Lipinski definition) is 3. The molecule has 3 aromatic rings. The highest BCUT2D eigenvalue weighted by Crippen LogP contribution is 2.30. The van der Waals surface area contributed by atoms with Crippen LogP contribution in [0.2, 0.25) is 0 Å². The Hall–Kier alpha value is -2.00. The van der Waals surface area contributed by atoms with Gasteiger partial charge in [0.15, 0.2) is 0 Å². The van der Waals surface area contributed by atoms with E-state index in [1.807, 2.05) is 18.3 Å². The van der Waals surface area contributed by atoms with Gasteiger partial charge in [-0.3, -0.25) is 4.98 Å². The van der Waals surface area contributed by atoms with Gasteiger partial charge in [-0.15, -0.1) is 0 Å². The van der Waals surface area contributed by atoms with Gasteiger partial charge in [0.05, 0.1) is 16.7 Å². The highest BCUT2D eigenvalue weighted by Gasteiger charge is 2.25. The van der Waals surface area contributed by atoms with Gasteiger partial charge in [-0.05, 0) is 37.6 Å². The van der Waals surface area contributed by atoms with Crippen LogP contribution in [0.4, 0.5) is 0 Å². The van der Waals surface area contributed by atoms with E-state index in [-0.39, 0.29) is 5.60 Å². The average Bonchev–Trinajstić information content (AvgIpc) is 2.53. The van der Waals surface area contributed by atoms with Crippen molar-refractivity contribution in [2.24, 2.45) is 0 Å². The largest absolute Gasteiger partial charge is 0.372 e. The first-order valence-electron chi connectivity index (χ1n) is 6.88. The summed E-state index contributed by atoms with van der Waals surface area (Å²) in [6, 6.07) is 12.3. The van der Waals surface area contributed by atoms with Gasteiger partial charge in [0.2, 0.25) is 0 Å². The number of benzene rings is 1. The monoisotopic (exact) mass is 266 g/mol. The van der Waals surface area contributed by atoms with Gasteiger partial charge < -0.3 is 4.74 Å². The summed E-state index contributed by atoms with van der Waals surface area (Å²) in [5.74, 6) is 0. The summed E-state index contributed by atoms with van der Waals surface area (Å²) in [5, 5.41) is 2.21. The fourth-order valence-electron chi connectivity index (χ4n) is 2.46. The molecule has 1 aromatic carbocycles. The first-order chi connectivity index (χ1) is 9.68. The maximum absolute atomic E-state index is 5.66. The van der Waals surface area contributed by atoms with E-state index in [1.165, 1.54) is 0 Å². The summed E-state index contributed by atoms with van der Waals surface area (Å²) in [6.45, 7) is 4.19. The third-order valence-corrected chi connectivity index (χ3v) is 4.11. The van der Waals surface area contributed by atoms with E-state index < -0.39 is 0 Å². The predicted molar refractivity (Wildman–Crippen MR) is 81.7 cm³/mol. The third kappa shape index (κ3) is 1.95. The molecular weight excluding hydrogens is 248 g/mol. The second-order valence-electron chi connectivity index (χ2n) is 5.19. The minimum Gasteiger partial charge on any atom is -0.372 e. The molecule has 0 saturated carbocycles. The van der Waals surface area contributed by atoms with Crippen LogP contribution in [0.5, 0.6) is 0 Å². The van der Waals surface area contributed by atoms with Gasteiger partial charge >= 0.3 is 0 Å². The highest BCUT2D eigenvalue weighted by molar-refractivity contribution is 6.03. The predicted octanol–water partition coefficient (Wildman–Crippen LogP) is 4.05. The van der Waals surface area contributed by atoms with Gasteiger partial charge in [0.1, 0.15) is 5.60 Å². The van der Waals surface area contributed by atoms with Gasteiger partial charge in [-0.25, -0.2) is 4.98 Å². The smallest absolute Gasteiger partial charge is 0.107 e. The van der Waals surface area contributed by atoms with Crippen LogP contribution in [0.3, 0.4) is 0 Å². The van der Waals surface area contributed by atoms with Crippen molar-refractivity contribution in [1.82, 2.24) is 9.97 Å². The van der Waals surface area contributed by atoms with E-state index in [0.29, 0.717) is 0 Å². The number of hydrogen-bond donors (Lipinski definition) is 0. The molecule has 0 aliphatic carbocycles. The number of rotatable bonds is 3. The summed E-state index contributed by atoms with van der Waals surface area (Å²) >= 11 is 0. The van der Waals surface area contributed by atoms with Crippen molar-refractivity contribution in [2.75, 3.05) is 7.11 Å². The molecule has 0 spiro atoms. The number of methoxy groups -OCH3 is 1. The molecule has 102 valence electrons. The summed E-state index contributed by atoms with van der Waals surface area (Å²) in [4.78, 5) is 9.24. The Bertz CT molecular complexity index is 763. The van der Waals surface area contributed by atoms with Crippen LogP contribution in [0.15, 0.2) is 42.6 Å². The van der Waals surface area contributed by atoms with E-state index in [2.05, 4.69) is 43.1 Å². The highest BCUT2D eigenvalue weighted by atomic mass is 16.5. The van der Waals surface area contributed by atoms with E-state index in [1.54, 1.807) is 7.11 Å². The first kappa shape index (κ1) is 13.0. The van der Waals surface area contributed by atoms with Crippen molar-refractivity contribution in [1.29, 1.82) is 0 Å². The Kier molecular flexibility index (Phi) is 3.14. The second-order valence-corrected chi connectivity index (χ2v) is 5.19. The molecule has 3 nitrogen and oxygen atoms in total. The molecule has 0 N–H and O–H groups in total. The Labute approximate surface area is 118 Å². The maximum Gasteiger partial charge on any atom is 0.107 e. The Morgan fingerprint density at radius 1 is 1.15 bits per heavy atom. The Morgan fingerprint density at radius 3 is 2.70 bits per heavy atom. The van der Waals surface area contributed by atoms with E-state index in [0.717, 1.165) is 33.9 Å². The number of ether oxygens (including phenoxy) is 1. The number of nitrogens with zero attached hydrogens (tertiary/aromatic N) is 2. The van der Waals surface area contributed by atoms with Gasteiger partial charge in [-0.2, -0.15) is 0 Å². The SMILES string of the molecule is CCC(C)(OC)c1ccc2ccc3ncccc3c2n1. The molecule has 0 fully saturated rings. The lowest BCUT2D eigenvalue weighted by atomic mass is 9.97. The molecular formula is C17H18N2O. The zero-order valence-electron chi connectivity index (χ0n) is 12.1. The van der Waals surface area contributed by atoms with Crippen molar-refractivity contribution in [2.45, 2.75) is 25.9 Å².